The summed E-state index contributed by atoms with van der Waals surface area (Å²) in [5.41, 5.74) is 0. The van der Waals surface area contributed by atoms with Gasteiger partial charge in [-0.1, -0.05) is 0 Å². The summed E-state index contributed by atoms with van der Waals surface area (Å²) in [7, 11) is 0. The van der Waals surface area contributed by atoms with Crippen molar-refractivity contribution in [2.75, 3.05) is 32.8 Å². The molecule has 0 saturated heterocycles. The summed E-state index contributed by atoms with van der Waals surface area (Å²) in [6, 6.07) is 0. The molecule has 5 nitrogen and oxygen atoms in total. The molecule has 0 saturated carbocycles. The first-order valence-corrected chi connectivity index (χ1v) is 3.84. The van der Waals surface area contributed by atoms with Crippen LogP contribution in [0.15, 0.2) is 0 Å². The standard InChI is InChI=1S/C7H15NO4.Na/c9-5-3-8(4-6-10)2-1-7(11)12;/h9-10H,1-6H2,(H,11,12);/q;+1/p-1. The van der Waals surface area contributed by atoms with Crippen LogP contribution in [0.5, 0.6) is 0 Å². The molecule has 2 N–H and O–H groups in total. The van der Waals surface area contributed by atoms with E-state index in [1.807, 2.05) is 0 Å². The molecule has 72 valence electrons. The van der Waals surface area contributed by atoms with Gasteiger partial charge in [-0.2, -0.15) is 0 Å². The molecule has 0 radical (unpaired) electrons. The van der Waals surface area contributed by atoms with Crippen LogP contribution < -0.4 is 34.7 Å². The second-order valence-electron chi connectivity index (χ2n) is 2.41. The smallest absolute Gasteiger partial charge is 0.550 e. The Morgan fingerprint density at radius 2 is 1.62 bits per heavy atom. The van der Waals surface area contributed by atoms with E-state index in [0.717, 1.165) is 0 Å². The van der Waals surface area contributed by atoms with Crippen LogP contribution in [0.4, 0.5) is 0 Å². The Morgan fingerprint density at radius 1 is 1.15 bits per heavy atom. The van der Waals surface area contributed by atoms with Crippen molar-refractivity contribution in [2.24, 2.45) is 0 Å². The van der Waals surface area contributed by atoms with Gasteiger partial charge in [0.05, 0.1) is 13.2 Å². The quantitative estimate of drug-likeness (QED) is 0.399. The molecule has 13 heavy (non-hydrogen) atoms. The third-order valence-corrected chi connectivity index (χ3v) is 1.46. The van der Waals surface area contributed by atoms with E-state index in [2.05, 4.69) is 0 Å². The SMILES string of the molecule is O=C([O-])CCN(CCO)CCO.[Na+]. The minimum absolute atomic E-state index is 0. The molecule has 0 aliphatic rings. The number of nitrogens with zero attached hydrogens (tertiary/aromatic N) is 1. The molecule has 0 aromatic carbocycles. The molecule has 0 aromatic rings. The zero-order valence-electron chi connectivity index (χ0n) is 7.90. The second-order valence-corrected chi connectivity index (χ2v) is 2.41. The molecule has 6 heteroatoms. The summed E-state index contributed by atoms with van der Waals surface area (Å²) < 4.78 is 0. The summed E-state index contributed by atoms with van der Waals surface area (Å²) in [6.07, 6.45) is -0.0694. The van der Waals surface area contributed by atoms with Gasteiger partial charge >= 0.3 is 29.6 Å². The van der Waals surface area contributed by atoms with Crippen LogP contribution in [-0.2, 0) is 4.79 Å². The van der Waals surface area contributed by atoms with Crippen molar-refractivity contribution >= 4 is 5.97 Å². The van der Waals surface area contributed by atoms with E-state index < -0.39 is 5.97 Å². The number of carboxylic acid groups (broad SMARTS) is 1. The van der Waals surface area contributed by atoms with Gasteiger partial charge < -0.3 is 20.1 Å². The van der Waals surface area contributed by atoms with Crippen molar-refractivity contribution in [3.8, 4) is 0 Å². The number of hydrogen-bond acceptors (Lipinski definition) is 5. The fraction of sp³-hybridized carbons (Fsp3) is 0.857. The van der Waals surface area contributed by atoms with Crippen LogP contribution in [0.1, 0.15) is 6.42 Å². The number of hydrogen-bond donors (Lipinski definition) is 2. The number of rotatable bonds is 7. The Morgan fingerprint density at radius 3 is 1.92 bits per heavy atom. The first-order chi connectivity index (χ1) is 5.70. The van der Waals surface area contributed by atoms with E-state index in [1.54, 1.807) is 4.90 Å². The molecule has 0 unspecified atom stereocenters. The van der Waals surface area contributed by atoms with Crippen molar-refractivity contribution < 1.29 is 49.7 Å². The van der Waals surface area contributed by atoms with Gasteiger partial charge in [0.15, 0.2) is 0 Å². The largest absolute Gasteiger partial charge is 1.00 e. The molecule has 0 heterocycles. The maximum absolute atomic E-state index is 10.0. The van der Waals surface area contributed by atoms with Gasteiger partial charge in [-0.15, -0.1) is 0 Å². The van der Waals surface area contributed by atoms with Crippen LogP contribution in [0, 0.1) is 0 Å². The number of carbonyl (C=O) groups is 1. The van der Waals surface area contributed by atoms with E-state index in [0.29, 0.717) is 19.6 Å². The zero-order chi connectivity index (χ0) is 9.40. The van der Waals surface area contributed by atoms with Gasteiger partial charge in [0.2, 0.25) is 0 Å². The van der Waals surface area contributed by atoms with Crippen molar-refractivity contribution in [1.82, 2.24) is 4.90 Å². The van der Waals surface area contributed by atoms with Gasteiger partial charge in [-0.25, -0.2) is 0 Å². The average molecular weight is 199 g/mol. The number of carboxylic acids is 1. The monoisotopic (exact) mass is 199 g/mol. The third-order valence-electron chi connectivity index (χ3n) is 1.46. The molecule has 0 rings (SSSR count). The molecule has 0 aliphatic heterocycles. The summed E-state index contributed by atoms with van der Waals surface area (Å²) in [4.78, 5) is 11.7. The van der Waals surface area contributed by atoms with Crippen LogP contribution in [0.3, 0.4) is 0 Å². The van der Waals surface area contributed by atoms with Crippen LogP contribution in [-0.4, -0.2) is 53.9 Å². The zero-order valence-corrected chi connectivity index (χ0v) is 9.90. The third kappa shape index (κ3) is 10.3. The van der Waals surface area contributed by atoms with Gasteiger partial charge in [0.25, 0.3) is 0 Å². The molecule has 0 atom stereocenters. The predicted molar refractivity (Wildman–Crippen MR) is 40.2 cm³/mol. The molecule has 0 aromatic heterocycles. The van der Waals surface area contributed by atoms with Gasteiger partial charge in [-0.3, -0.25) is 4.90 Å². The molecular formula is C7H14NNaO4. The maximum Gasteiger partial charge on any atom is 1.00 e. The fourth-order valence-electron chi connectivity index (χ4n) is 0.868. The average Bonchev–Trinajstić information content (AvgIpc) is 2.01. The van der Waals surface area contributed by atoms with Gasteiger partial charge in [0, 0.05) is 25.6 Å². The molecule has 0 amide bonds. The van der Waals surface area contributed by atoms with E-state index in [4.69, 9.17) is 10.2 Å². The minimum Gasteiger partial charge on any atom is -0.550 e. The predicted octanol–water partition coefficient (Wildman–Crippen LogP) is -5.58. The van der Waals surface area contributed by atoms with Crippen LogP contribution in [0.25, 0.3) is 0 Å². The Hall–Kier alpha value is 0.350. The summed E-state index contributed by atoms with van der Waals surface area (Å²) >= 11 is 0. The van der Waals surface area contributed by atoms with E-state index in [-0.39, 0.29) is 49.2 Å². The number of aliphatic carboxylic acids is 1. The minimum atomic E-state index is -1.11. The van der Waals surface area contributed by atoms with E-state index >= 15 is 0 Å². The first kappa shape index (κ1) is 15.8. The van der Waals surface area contributed by atoms with Crippen molar-refractivity contribution in [2.45, 2.75) is 6.42 Å². The van der Waals surface area contributed by atoms with Gasteiger partial charge in [-0.05, 0) is 6.42 Å². The molecular weight excluding hydrogens is 185 g/mol. The Kier molecular flexibility index (Phi) is 12.7. The number of aliphatic hydroxyl groups is 2. The number of aliphatic hydroxyl groups excluding tert-OH is 2. The Balaban J connectivity index is 0. The molecule has 0 spiro atoms. The van der Waals surface area contributed by atoms with Crippen molar-refractivity contribution in [3.05, 3.63) is 0 Å². The summed E-state index contributed by atoms with van der Waals surface area (Å²) in [5.74, 6) is -1.11. The Bertz CT molecular complexity index is 128. The van der Waals surface area contributed by atoms with E-state index in [1.165, 1.54) is 0 Å². The molecule has 0 bridgehead atoms. The first-order valence-electron chi connectivity index (χ1n) is 3.84. The fourth-order valence-corrected chi connectivity index (χ4v) is 0.868. The second kappa shape index (κ2) is 10.4. The summed E-state index contributed by atoms with van der Waals surface area (Å²) in [5, 5.41) is 27.1. The van der Waals surface area contributed by atoms with Crippen molar-refractivity contribution in [1.29, 1.82) is 0 Å². The molecule has 0 aliphatic carbocycles. The normalized spacial score (nSPS) is 9.77. The van der Waals surface area contributed by atoms with Crippen LogP contribution >= 0.6 is 0 Å². The van der Waals surface area contributed by atoms with Gasteiger partial charge in [0.1, 0.15) is 0 Å². The Labute approximate surface area is 99.6 Å². The molecule has 0 fully saturated rings. The maximum atomic E-state index is 10.0. The van der Waals surface area contributed by atoms with Crippen LogP contribution in [0.2, 0.25) is 0 Å². The summed E-state index contributed by atoms with van der Waals surface area (Å²) in [6.45, 7) is 1.01. The van der Waals surface area contributed by atoms with E-state index in [9.17, 15) is 9.90 Å². The topological polar surface area (TPSA) is 83.8 Å². The van der Waals surface area contributed by atoms with Crippen molar-refractivity contribution in [3.63, 3.8) is 0 Å². The number of carbonyl (C=O) groups excluding carboxylic acids is 1.